The smallest absolute Gasteiger partial charge is 0.416 e. The molecule has 7 heteroatoms. The zero-order valence-corrected chi connectivity index (χ0v) is 14.4. The predicted molar refractivity (Wildman–Crippen MR) is 91.0 cm³/mol. The first-order valence-corrected chi connectivity index (χ1v) is 7.99. The van der Waals surface area contributed by atoms with E-state index in [2.05, 4.69) is 5.32 Å². The average Bonchev–Trinajstić information content (AvgIpc) is 2.53. The van der Waals surface area contributed by atoms with Crippen molar-refractivity contribution in [1.82, 2.24) is 0 Å². The highest BCUT2D eigenvalue weighted by molar-refractivity contribution is 6.33. The van der Waals surface area contributed by atoms with E-state index in [1.165, 1.54) is 0 Å². The highest BCUT2D eigenvalue weighted by Crippen LogP contribution is 2.34. The summed E-state index contributed by atoms with van der Waals surface area (Å²) in [5.74, 6) is -0.0534. The summed E-state index contributed by atoms with van der Waals surface area (Å²) in [6, 6.07) is 9.92. The van der Waals surface area contributed by atoms with Crippen LogP contribution >= 0.6 is 11.6 Å². The van der Waals surface area contributed by atoms with E-state index in [-0.39, 0.29) is 10.7 Å². The number of aryl methyl sites for hydroxylation is 1. The highest BCUT2D eigenvalue weighted by atomic mass is 35.5. The Morgan fingerprint density at radius 2 is 1.96 bits per heavy atom. The molecule has 0 aromatic heterocycles. The van der Waals surface area contributed by atoms with Gasteiger partial charge in [-0.05, 0) is 49.2 Å². The van der Waals surface area contributed by atoms with Crippen molar-refractivity contribution in [3.63, 3.8) is 0 Å². The summed E-state index contributed by atoms with van der Waals surface area (Å²) in [6.45, 7) is 3.63. The van der Waals surface area contributed by atoms with Crippen molar-refractivity contribution in [2.75, 3.05) is 5.32 Å². The lowest BCUT2D eigenvalue weighted by atomic mass is 10.1. The molecule has 0 saturated heterocycles. The number of halogens is 4. The Bertz CT molecular complexity index is 762. The predicted octanol–water partition coefficient (Wildman–Crippen LogP) is 5.46. The topological polar surface area (TPSA) is 38.3 Å². The summed E-state index contributed by atoms with van der Waals surface area (Å²) in [7, 11) is 0. The molecule has 0 spiro atoms. The molecule has 134 valence electrons. The maximum absolute atomic E-state index is 12.8. The summed E-state index contributed by atoms with van der Waals surface area (Å²) in [5, 5.41) is 2.43. The first-order valence-electron chi connectivity index (χ1n) is 7.61. The fraction of sp³-hybridized carbons (Fsp3) is 0.278. The van der Waals surface area contributed by atoms with Crippen LogP contribution in [0.5, 0.6) is 5.75 Å². The van der Waals surface area contributed by atoms with Crippen LogP contribution in [-0.4, -0.2) is 12.0 Å². The third kappa shape index (κ3) is 5.13. The molecule has 0 unspecified atom stereocenters. The number of carbonyl (C=O) groups is 1. The third-order valence-electron chi connectivity index (χ3n) is 3.48. The number of alkyl halides is 3. The number of hydrogen-bond acceptors (Lipinski definition) is 2. The van der Waals surface area contributed by atoms with Gasteiger partial charge >= 0.3 is 6.18 Å². The molecule has 0 heterocycles. The molecule has 1 N–H and O–H groups in total. The molecule has 0 fully saturated rings. The number of nitrogens with one attached hydrogen (secondary N) is 1. The number of hydrogen-bond donors (Lipinski definition) is 1. The average molecular weight is 372 g/mol. The zero-order chi connectivity index (χ0) is 18.6. The molecule has 0 radical (unpaired) electrons. The van der Waals surface area contributed by atoms with Gasteiger partial charge < -0.3 is 10.1 Å². The Labute approximate surface area is 148 Å². The van der Waals surface area contributed by atoms with Gasteiger partial charge in [-0.2, -0.15) is 13.2 Å². The lowest BCUT2D eigenvalue weighted by Crippen LogP contribution is -2.32. The van der Waals surface area contributed by atoms with Gasteiger partial charge in [-0.25, -0.2) is 0 Å². The maximum Gasteiger partial charge on any atom is 0.416 e. The summed E-state index contributed by atoms with van der Waals surface area (Å²) >= 11 is 5.90. The van der Waals surface area contributed by atoms with E-state index in [1.54, 1.807) is 25.1 Å². The van der Waals surface area contributed by atoms with Crippen LogP contribution < -0.4 is 10.1 Å². The maximum atomic E-state index is 12.8. The van der Waals surface area contributed by atoms with Crippen LogP contribution in [-0.2, 0) is 11.0 Å². The van der Waals surface area contributed by atoms with E-state index < -0.39 is 23.8 Å². The minimum Gasteiger partial charge on any atom is -0.481 e. The molecule has 1 amide bonds. The molecule has 2 aromatic carbocycles. The Hall–Kier alpha value is -2.21. The fourth-order valence-electron chi connectivity index (χ4n) is 2.19. The molecule has 2 aromatic rings. The van der Waals surface area contributed by atoms with Crippen molar-refractivity contribution in [1.29, 1.82) is 0 Å². The van der Waals surface area contributed by atoms with Gasteiger partial charge in [-0.15, -0.1) is 0 Å². The summed E-state index contributed by atoms with van der Waals surface area (Å²) < 4.78 is 44.1. The van der Waals surface area contributed by atoms with E-state index in [0.717, 1.165) is 23.8 Å². The summed E-state index contributed by atoms with van der Waals surface area (Å²) in [4.78, 5) is 12.4. The van der Waals surface area contributed by atoms with Crippen LogP contribution in [0.4, 0.5) is 18.9 Å². The van der Waals surface area contributed by atoms with Gasteiger partial charge in [0.25, 0.3) is 5.91 Å². The summed E-state index contributed by atoms with van der Waals surface area (Å²) in [6.07, 6.45) is -5.03. The van der Waals surface area contributed by atoms with E-state index in [0.29, 0.717) is 12.2 Å². The molecule has 0 bridgehead atoms. The van der Waals surface area contributed by atoms with E-state index in [4.69, 9.17) is 16.3 Å². The molecule has 2 rings (SSSR count). The monoisotopic (exact) mass is 371 g/mol. The third-order valence-corrected chi connectivity index (χ3v) is 3.81. The van der Waals surface area contributed by atoms with Gasteiger partial charge in [0, 0.05) is 0 Å². The first kappa shape index (κ1) is 19.1. The highest BCUT2D eigenvalue weighted by Gasteiger charge is 2.31. The van der Waals surface area contributed by atoms with Crippen molar-refractivity contribution in [3.05, 3.63) is 58.6 Å². The lowest BCUT2D eigenvalue weighted by Gasteiger charge is -2.18. The quantitative estimate of drug-likeness (QED) is 0.757. The van der Waals surface area contributed by atoms with Crippen LogP contribution in [0, 0.1) is 6.92 Å². The van der Waals surface area contributed by atoms with Crippen LogP contribution in [0.2, 0.25) is 5.02 Å². The fourth-order valence-corrected chi connectivity index (χ4v) is 2.35. The molecule has 0 saturated carbocycles. The Balaban J connectivity index is 2.16. The SMILES string of the molecule is CC[C@@H](Oc1cccc(C)c1)C(=O)Nc1cc(C(F)(F)F)ccc1Cl. The van der Waals surface area contributed by atoms with Gasteiger partial charge in [0.1, 0.15) is 5.75 Å². The van der Waals surface area contributed by atoms with Crippen LogP contribution in [0.1, 0.15) is 24.5 Å². The normalized spacial score (nSPS) is 12.6. The second kappa shape index (κ2) is 7.78. The molecule has 0 aliphatic carbocycles. The van der Waals surface area contributed by atoms with Crippen molar-refractivity contribution < 1.29 is 22.7 Å². The van der Waals surface area contributed by atoms with Crippen molar-refractivity contribution in [2.45, 2.75) is 32.5 Å². The van der Waals surface area contributed by atoms with Crippen LogP contribution in [0.3, 0.4) is 0 Å². The van der Waals surface area contributed by atoms with Crippen molar-refractivity contribution >= 4 is 23.2 Å². The number of anilines is 1. The second-order valence-corrected chi connectivity index (χ2v) is 5.92. The molecule has 0 aliphatic heterocycles. The molecule has 1 atom stereocenters. The Kier molecular flexibility index (Phi) is 5.95. The zero-order valence-electron chi connectivity index (χ0n) is 13.7. The van der Waals surface area contributed by atoms with E-state index in [9.17, 15) is 18.0 Å². The van der Waals surface area contributed by atoms with Crippen molar-refractivity contribution in [3.8, 4) is 5.75 Å². The molecular weight excluding hydrogens is 355 g/mol. The lowest BCUT2D eigenvalue weighted by molar-refractivity contribution is -0.137. The Morgan fingerprint density at radius 3 is 2.56 bits per heavy atom. The first-order chi connectivity index (χ1) is 11.7. The van der Waals surface area contributed by atoms with Gasteiger partial charge in [0.05, 0.1) is 16.3 Å². The minimum absolute atomic E-state index is 0.0201. The van der Waals surface area contributed by atoms with Crippen LogP contribution in [0.25, 0.3) is 0 Å². The van der Waals surface area contributed by atoms with Crippen LogP contribution in [0.15, 0.2) is 42.5 Å². The molecule has 25 heavy (non-hydrogen) atoms. The standard InChI is InChI=1S/C18H17ClF3NO2/c1-3-16(25-13-6-4-5-11(2)9-13)17(24)23-15-10-12(18(20,21)22)7-8-14(15)19/h4-10,16H,3H2,1-2H3,(H,23,24)/t16-/m1/s1. The van der Waals surface area contributed by atoms with Crippen molar-refractivity contribution in [2.24, 2.45) is 0 Å². The van der Waals surface area contributed by atoms with E-state index >= 15 is 0 Å². The van der Waals surface area contributed by atoms with Gasteiger partial charge in [0.2, 0.25) is 0 Å². The number of carbonyl (C=O) groups excluding carboxylic acids is 1. The molecular formula is C18H17ClF3NO2. The van der Waals surface area contributed by atoms with Gasteiger partial charge in [-0.3, -0.25) is 4.79 Å². The van der Waals surface area contributed by atoms with E-state index in [1.807, 2.05) is 13.0 Å². The largest absolute Gasteiger partial charge is 0.481 e. The summed E-state index contributed by atoms with van der Waals surface area (Å²) in [5.41, 5.74) is -0.0266. The number of rotatable bonds is 5. The van der Waals surface area contributed by atoms with Gasteiger partial charge in [-0.1, -0.05) is 30.7 Å². The number of ether oxygens (including phenoxy) is 1. The second-order valence-electron chi connectivity index (χ2n) is 5.51. The molecule has 3 nitrogen and oxygen atoms in total. The Morgan fingerprint density at radius 1 is 1.24 bits per heavy atom. The van der Waals surface area contributed by atoms with Gasteiger partial charge in [0.15, 0.2) is 6.10 Å². The molecule has 0 aliphatic rings. The number of benzene rings is 2. The number of amides is 1. The minimum atomic E-state index is -4.52.